The molecule has 0 unspecified atom stereocenters. The zero-order chi connectivity index (χ0) is 41.4. The molecule has 4 nitrogen and oxygen atoms in total. The van der Waals surface area contributed by atoms with Gasteiger partial charge >= 0.3 is 0 Å². The van der Waals surface area contributed by atoms with Gasteiger partial charge in [0.1, 0.15) is 11.6 Å². The number of aromatic hydroxyl groups is 1. The molecule has 0 aliphatic heterocycles. The van der Waals surface area contributed by atoms with Gasteiger partial charge in [0.15, 0.2) is 0 Å². The van der Waals surface area contributed by atoms with Crippen molar-refractivity contribution in [2.75, 3.05) is 0 Å². The van der Waals surface area contributed by atoms with Crippen LogP contribution in [0.2, 0.25) is 0 Å². The van der Waals surface area contributed by atoms with E-state index in [2.05, 4.69) is 154 Å². The van der Waals surface area contributed by atoms with Gasteiger partial charge in [-0.15, -0.1) is 29.3 Å². The number of aromatic nitrogens is 3. The van der Waals surface area contributed by atoms with Gasteiger partial charge in [-0.1, -0.05) is 154 Å². The smallest absolute Gasteiger partial charge is 0.148 e. The van der Waals surface area contributed by atoms with Crippen molar-refractivity contribution in [3.05, 3.63) is 175 Å². The molecule has 6 aromatic rings. The van der Waals surface area contributed by atoms with Crippen LogP contribution in [0.25, 0.3) is 56.1 Å². The van der Waals surface area contributed by atoms with E-state index < -0.39 is 0 Å². The predicted octanol–water partition coefficient (Wildman–Crippen LogP) is 14.1. The topological polar surface area (TPSA) is 50.9 Å². The van der Waals surface area contributed by atoms with Gasteiger partial charge in [-0.25, -0.2) is 4.98 Å². The molecule has 6 rings (SSSR count). The zero-order valence-electron chi connectivity index (χ0n) is 35.7. The first kappa shape index (κ1) is 43.8. The quantitative estimate of drug-likeness (QED) is 0.116. The van der Waals surface area contributed by atoms with Crippen LogP contribution >= 0.6 is 0 Å². The first-order valence-electron chi connectivity index (χ1n) is 19.6. The number of rotatable bonds is 9. The summed E-state index contributed by atoms with van der Waals surface area (Å²) in [6.45, 7) is 34.5. The van der Waals surface area contributed by atoms with E-state index >= 15 is 0 Å². The summed E-state index contributed by atoms with van der Waals surface area (Å²) in [5.41, 5.74) is 14.2. The molecule has 0 atom stereocenters. The number of imidazole rings is 1. The van der Waals surface area contributed by atoms with Gasteiger partial charge in [0, 0.05) is 38.6 Å². The van der Waals surface area contributed by atoms with Gasteiger partial charge in [-0.2, -0.15) is 0 Å². The van der Waals surface area contributed by atoms with E-state index in [1.165, 1.54) is 11.1 Å². The molecule has 58 heavy (non-hydrogen) atoms. The largest absolute Gasteiger partial charge is 0.507 e. The fraction of sp³-hybridized carbons (Fsp3) is 0.245. The van der Waals surface area contributed by atoms with Crippen LogP contribution in [-0.2, 0) is 37.3 Å². The molecule has 0 radical (unpaired) electrons. The summed E-state index contributed by atoms with van der Waals surface area (Å²) in [5.74, 6) is 0.850. The van der Waals surface area contributed by atoms with Crippen molar-refractivity contribution in [3.8, 4) is 45.2 Å². The molecule has 0 fully saturated rings. The van der Waals surface area contributed by atoms with E-state index in [1.54, 1.807) is 12.1 Å². The minimum Gasteiger partial charge on any atom is -0.507 e. The van der Waals surface area contributed by atoms with E-state index in [-0.39, 0.29) is 43.1 Å². The van der Waals surface area contributed by atoms with Crippen molar-refractivity contribution in [2.24, 2.45) is 0 Å². The molecular formula is C53H56N3OPt-. The number of allylic oxidation sites excluding steroid dienone is 7. The molecule has 0 saturated carbocycles. The number of pyridine rings is 1. The Kier molecular flexibility index (Phi) is 12.8. The number of nitrogens with zero attached hydrogens (tertiary/aromatic N) is 3. The summed E-state index contributed by atoms with van der Waals surface area (Å²) in [4.78, 5) is 10.3. The molecule has 0 bridgehead atoms. The second-order valence-electron chi connectivity index (χ2n) is 18.0. The third kappa shape index (κ3) is 9.04. The Bertz CT molecular complexity index is 2560. The fourth-order valence-electron chi connectivity index (χ4n) is 7.03. The average molecular weight is 946 g/mol. The monoisotopic (exact) mass is 945 g/mol. The van der Waals surface area contributed by atoms with Gasteiger partial charge < -0.3 is 5.11 Å². The van der Waals surface area contributed by atoms with Crippen molar-refractivity contribution in [1.29, 1.82) is 0 Å². The van der Waals surface area contributed by atoms with Gasteiger partial charge in [0.25, 0.3) is 0 Å². The van der Waals surface area contributed by atoms with Crippen LogP contribution in [0.15, 0.2) is 146 Å². The zero-order valence-corrected chi connectivity index (χ0v) is 38.0. The molecule has 2 aromatic heterocycles. The van der Waals surface area contributed by atoms with E-state index in [0.29, 0.717) is 11.4 Å². The van der Waals surface area contributed by atoms with Crippen LogP contribution in [0, 0.1) is 6.07 Å². The van der Waals surface area contributed by atoms with Crippen LogP contribution in [-0.4, -0.2) is 19.6 Å². The van der Waals surface area contributed by atoms with E-state index in [9.17, 15) is 5.11 Å². The number of benzene rings is 4. The Hall–Kier alpha value is -5.31. The van der Waals surface area contributed by atoms with Crippen molar-refractivity contribution >= 4 is 16.6 Å². The van der Waals surface area contributed by atoms with E-state index in [4.69, 9.17) is 9.97 Å². The molecule has 4 aromatic carbocycles. The normalized spacial score (nSPS) is 12.7. The number of phenols is 1. The number of phenolic OH excluding ortho intramolecular Hbond substituents is 1. The Labute approximate surface area is 360 Å². The third-order valence-corrected chi connectivity index (χ3v) is 10.6. The standard InChI is InChI=1S/C53H56N3O.Pt/c1-14-16-20-34(3)35(4)43(15-2)36-25-26-54-46(30-36)38-27-37(28-39(29-38)51(5,6)7)44-22-19-23-47-49(44)55-50(45-21-17-18-24-48(45)57)56(47)42-32-40(52(8,9)10)31-41(33-42)53(11,12)13;/h14-26,28-33,57H,1-3H2,4-13H3;/q-1;/b20-16-,43-35-;. The Morgan fingerprint density at radius 3 is 1.95 bits per heavy atom. The molecule has 300 valence electrons. The maximum Gasteiger partial charge on any atom is 0.148 e. The van der Waals surface area contributed by atoms with Crippen molar-refractivity contribution in [2.45, 2.75) is 85.5 Å². The molecule has 5 heteroatoms. The maximum absolute atomic E-state index is 11.3. The number of para-hydroxylation sites is 2. The van der Waals surface area contributed by atoms with Crippen LogP contribution < -0.4 is 0 Å². The number of hydrogen-bond donors (Lipinski definition) is 1. The van der Waals surface area contributed by atoms with Crippen LogP contribution in [0.3, 0.4) is 0 Å². The molecule has 2 heterocycles. The number of fused-ring (bicyclic) bond motifs is 1. The second kappa shape index (κ2) is 16.9. The molecule has 0 aliphatic carbocycles. The van der Waals surface area contributed by atoms with Crippen LogP contribution in [0.4, 0.5) is 0 Å². The molecular weight excluding hydrogens is 890 g/mol. The summed E-state index contributed by atoms with van der Waals surface area (Å²) in [7, 11) is 0. The maximum atomic E-state index is 11.3. The second-order valence-corrected chi connectivity index (χ2v) is 18.0. The van der Waals surface area contributed by atoms with Gasteiger partial charge in [0.05, 0.1) is 16.6 Å². The summed E-state index contributed by atoms with van der Waals surface area (Å²) < 4.78 is 2.21. The predicted molar refractivity (Wildman–Crippen MR) is 243 cm³/mol. The van der Waals surface area contributed by atoms with E-state index in [1.807, 2.05) is 48.7 Å². The van der Waals surface area contributed by atoms with E-state index in [0.717, 1.165) is 67.0 Å². The summed E-state index contributed by atoms with van der Waals surface area (Å²) in [6.07, 6.45) is 9.32. The SMILES string of the molecule is C=C/C=C\C(=C)/C(C)=C(/C=C)c1ccnc(-c2[c-]c(-c3cccc4c3nc(-c3ccccc3O)n4-c3cc(C(C)(C)C)cc(C(C)(C)C)c3)cc(C(C)(C)C)c2)c1.[Pt]. The first-order chi connectivity index (χ1) is 26.8. The number of hydrogen-bond acceptors (Lipinski definition) is 3. The van der Waals surface area contributed by atoms with Gasteiger partial charge in [0.2, 0.25) is 0 Å². The summed E-state index contributed by atoms with van der Waals surface area (Å²) in [5, 5.41) is 11.3. The average Bonchev–Trinajstić information content (AvgIpc) is 3.55. The van der Waals surface area contributed by atoms with Crippen molar-refractivity contribution in [1.82, 2.24) is 14.5 Å². The van der Waals surface area contributed by atoms with Crippen molar-refractivity contribution in [3.63, 3.8) is 0 Å². The first-order valence-corrected chi connectivity index (χ1v) is 19.6. The minimum absolute atomic E-state index is 0. The summed E-state index contributed by atoms with van der Waals surface area (Å²) in [6, 6.07) is 33.0. The van der Waals surface area contributed by atoms with Crippen molar-refractivity contribution < 1.29 is 26.2 Å². The fourth-order valence-corrected chi connectivity index (χ4v) is 7.03. The van der Waals surface area contributed by atoms with Crippen LogP contribution in [0.5, 0.6) is 5.75 Å². The Morgan fingerprint density at radius 1 is 0.741 bits per heavy atom. The molecule has 0 spiro atoms. The van der Waals surface area contributed by atoms with Crippen LogP contribution in [0.1, 0.15) is 91.5 Å². The molecule has 0 aliphatic rings. The minimum atomic E-state index is -0.167. The Morgan fingerprint density at radius 2 is 1.34 bits per heavy atom. The molecule has 0 saturated heterocycles. The summed E-state index contributed by atoms with van der Waals surface area (Å²) >= 11 is 0. The third-order valence-electron chi connectivity index (χ3n) is 10.6. The van der Waals surface area contributed by atoms with Gasteiger partial charge in [-0.05, 0) is 93.0 Å². The Balaban J connectivity index is 0.00000641. The molecule has 1 N–H and O–H groups in total. The molecule has 0 amide bonds. The van der Waals surface area contributed by atoms with Gasteiger partial charge in [-0.3, -0.25) is 9.55 Å².